The molecule has 10 heteroatoms. The molecule has 0 spiro atoms. The molecule has 0 amide bonds. The zero-order valence-electron chi connectivity index (χ0n) is 13.6. The first-order valence-corrected chi connectivity index (χ1v) is 8.91. The highest BCUT2D eigenvalue weighted by Gasteiger charge is 2.32. The smallest absolute Gasteiger partial charge is 0.343 e. The Hall–Kier alpha value is -3.14. The molecule has 0 aliphatic carbocycles. The molecule has 3 aromatic rings. The lowest BCUT2D eigenvalue weighted by molar-refractivity contribution is 0.346. The minimum Gasteiger partial charge on any atom is -0.456 e. The van der Waals surface area contributed by atoms with Gasteiger partial charge >= 0.3 is 10.1 Å². The molecule has 0 aliphatic rings. The largest absolute Gasteiger partial charge is 0.456 e. The first-order chi connectivity index (χ1) is 13.2. The van der Waals surface area contributed by atoms with Gasteiger partial charge in [0.15, 0.2) is 0 Å². The van der Waals surface area contributed by atoms with Gasteiger partial charge in [0, 0.05) is 0 Å². The number of para-hydroxylation sites is 2. The second kappa shape index (κ2) is 7.47. The monoisotopic (exact) mass is 416 g/mol. The van der Waals surface area contributed by atoms with Crippen molar-refractivity contribution in [3.05, 3.63) is 83.7 Å². The average Bonchev–Trinajstić information content (AvgIpc) is 2.69. The van der Waals surface area contributed by atoms with Gasteiger partial charge in [-0.05, 0) is 24.3 Å². The van der Waals surface area contributed by atoms with Gasteiger partial charge in [0.2, 0.25) is 34.8 Å². The number of halogens is 5. The van der Waals surface area contributed by atoms with E-state index in [0.717, 1.165) is 6.07 Å². The molecule has 0 fully saturated rings. The van der Waals surface area contributed by atoms with E-state index in [1.54, 1.807) is 18.2 Å². The lowest BCUT2D eigenvalue weighted by Gasteiger charge is -2.13. The Morgan fingerprint density at radius 2 is 1.14 bits per heavy atom. The highest BCUT2D eigenvalue weighted by atomic mass is 32.2. The summed E-state index contributed by atoms with van der Waals surface area (Å²) < 4.78 is 102. The van der Waals surface area contributed by atoms with Crippen molar-refractivity contribution in [3.63, 3.8) is 0 Å². The SMILES string of the molecule is O=S(=O)(Oc1c(F)c(F)c(F)c(F)c1F)c1ccccc1Oc1ccccc1. The van der Waals surface area contributed by atoms with Crippen LogP contribution in [0, 0.1) is 29.1 Å². The van der Waals surface area contributed by atoms with Crippen LogP contribution in [0.2, 0.25) is 0 Å². The summed E-state index contributed by atoms with van der Waals surface area (Å²) in [4.78, 5) is -0.678. The van der Waals surface area contributed by atoms with Crippen LogP contribution in [0.25, 0.3) is 0 Å². The highest BCUT2D eigenvalue weighted by molar-refractivity contribution is 7.87. The summed E-state index contributed by atoms with van der Waals surface area (Å²) >= 11 is 0. The molecule has 3 rings (SSSR count). The number of ether oxygens (including phenoxy) is 1. The molecule has 0 saturated carbocycles. The van der Waals surface area contributed by atoms with Crippen LogP contribution in [-0.4, -0.2) is 8.42 Å². The van der Waals surface area contributed by atoms with E-state index in [2.05, 4.69) is 4.18 Å². The fourth-order valence-corrected chi connectivity index (χ4v) is 3.23. The number of hydrogen-bond donors (Lipinski definition) is 0. The van der Waals surface area contributed by atoms with E-state index in [4.69, 9.17) is 4.74 Å². The Bertz CT molecular complexity index is 1110. The summed E-state index contributed by atoms with van der Waals surface area (Å²) in [5.74, 6) is -13.9. The quantitative estimate of drug-likeness (QED) is 0.256. The summed E-state index contributed by atoms with van der Waals surface area (Å²) in [5, 5.41) is 0. The number of hydrogen-bond acceptors (Lipinski definition) is 4. The van der Waals surface area contributed by atoms with Gasteiger partial charge in [-0.25, -0.2) is 13.2 Å². The predicted molar refractivity (Wildman–Crippen MR) is 87.0 cm³/mol. The van der Waals surface area contributed by atoms with Gasteiger partial charge in [0.1, 0.15) is 16.4 Å². The molecule has 0 aliphatic heterocycles. The number of rotatable bonds is 5. The van der Waals surface area contributed by atoms with Crippen molar-refractivity contribution in [3.8, 4) is 17.2 Å². The Morgan fingerprint density at radius 1 is 0.643 bits per heavy atom. The van der Waals surface area contributed by atoms with Crippen LogP contribution in [0.15, 0.2) is 59.5 Å². The van der Waals surface area contributed by atoms with Crippen LogP contribution in [0.1, 0.15) is 0 Å². The third kappa shape index (κ3) is 3.63. The van der Waals surface area contributed by atoms with Crippen molar-refractivity contribution in [1.29, 1.82) is 0 Å². The molecule has 0 bridgehead atoms. The van der Waals surface area contributed by atoms with Gasteiger partial charge in [-0.1, -0.05) is 30.3 Å². The van der Waals surface area contributed by atoms with E-state index in [1.165, 1.54) is 30.3 Å². The van der Waals surface area contributed by atoms with E-state index in [9.17, 15) is 30.4 Å². The maximum atomic E-state index is 13.8. The average molecular weight is 416 g/mol. The fourth-order valence-electron chi connectivity index (χ4n) is 2.17. The van der Waals surface area contributed by atoms with Crippen LogP contribution < -0.4 is 8.92 Å². The summed E-state index contributed by atoms with van der Waals surface area (Å²) in [7, 11) is -5.02. The predicted octanol–water partition coefficient (Wildman–Crippen LogP) is 4.94. The molecule has 3 aromatic carbocycles. The van der Waals surface area contributed by atoms with Crippen molar-refractivity contribution in [2.75, 3.05) is 0 Å². The second-order valence-electron chi connectivity index (χ2n) is 5.30. The molecule has 0 N–H and O–H groups in total. The summed E-state index contributed by atoms with van der Waals surface area (Å²) in [6, 6.07) is 12.8. The molecular formula is C18H9F5O4S. The molecule has 0 aromatic heterocycles. The number of benzene rings is 3. The van der Waals surface area contributed by atoms with Gasteiger partial charge in [-0.3, -0.25) is 0 Å². The van der Waals surface area contributed by atoms with Crippen LogP contribution >= 0.6 is 0 Å². The molecule has 0 atom stereocenters. The van der Waals surface area contributed by atoms with Gasteiger partial charge in [-0.2, -0.15) is 17.2 Å². The molecule has 0 heterocycles. The summed E-state index contributed by atoms with van der Waals surface area (Å²) in [6.45, 7) is 0. The van der Waals surface area contributed by atoms with Gasteiger partial charge in [0.25, 0.3) is 0 Å². The van der Waals surface area contributed by atoms with Crippen LogP contribution in [0.5, 0.6) is 17.2 Å². The summed E-state index contributed by atoms with van der Waals surface area (Å²) in [5.41, 5.74) is 0. The molecule has 28 heavy (non-hydrogen) atoms. The maximum absolute atomic E-state index is 13.8. The minimum atomic E-state index is -5.02. The van der Waals surface area contributed by atoms with Gasteiger partial charge in [-0.15, -0.1) is 0 Å². The van der Waals surface area contributed by atoms with Crippen molar-refractivity contribution >= 4 is 10.1 Å². The van der Waals surface area contributed by atoms with E-state index < -0.39 is 49.8 Å². The van der Waals surface area contributed by atoms with Crippen molar-refractivity contribution in [2.45, 2.75) is 4.90 Å². The molecule has 0 saturated heterocycles. The zero-order valence-corrected chi connectivity index (χ0v) is 14.4. The van der Waals surface area contributed by atoms with Crippen molar-refractivity contribution in [1.82, 2.24) is 0 Å². The van der Waals surface area contributed by atoms with Crippen molar-refractivity contribution in [2.24, 2.45) is 0 Å². The van der Waals surface area contributed by atoms with E-state index in [-0.39, 0.29) is 11.5 Å². The Balaban J connectivity index is 2.04. The lowest BCUT2D eigenvalue weighted by atomic mass is 10.3. The molecule has 0 unspecified atom stereocenters. The minimum absolute atomic E-state index is 0.237. The first kappa shape index (κ1) is 19.6. The van der Waals surface area contributed by atoms with E-state index in [0.29, 0.717) is 0 Å². The van der Waals surface area contributed by atoms with Crippen LogP contribution in [0.4, 0.5) is 22.0 Å². The third-order valence-corrected chi connectivity index (χ3v) is 4.71. The summed E-state index contributed by atoms with van der Waals surface area (Å²) in [6.07, 6.45) is 0. The van der Waals surface area contributed by atoms with Gasteiger partial charge < -0.3 is 8.92 Å². The van der Waals surface area contributed by atoms with E-state index in [1.807, 2.05) is 0 Å². The van der Waals surface area contributed by atoms with Crippen LogP contribution in [0.3, 0.4) is 0 Å². The maximum Gasteiger partial charge on any atom is 0.343 e. The molecule has 0 radical (unpaired) electrons. The van der Waals surface area contributed by atoms with Crippen LogP contribution in [-0.2, 0) is 10.1 Å². The molecular weight excluding hydrogens is 407 g/mol. The van der Waals surface area contributed by atoms with Crippen molar-refractivity contribution < 1.29 is 39.3 Å². The first-order valence-electron chi connectivity index (χ1n) is 7.50. The van der Waals surface area contributed by atoms with Gasteiger partial charge in [0.05, 0.1) is 0 Å². The fraction of sp³-hybridized carbons (Fsp3) is 0. The second-order valence-corrected chi connectivity index (χ2v) is 6.81. The Morgan fingerprint density at radius 3 is 1.75 bits per heavy atom. The molecule has 4 nitrogen and oxygen atoms in total. The highest BCUT2D eigenvalue weighted by Crippen LogP contribution is 2.34. The Kier molecular flexibility index (Phi) is 5.23. The van der Waals surface area contributed by atoms with E-state index >= 15 is 0 Å². The zero-order chi connectivity index (χ0) is 20.5. The topological polar surface area (TPSA) is 52.6 Å². The lowest BCUT2D eigenvalue weighted by Crippen LogP contribution is -2.15. The molecule has 146 valence electrons. The standard InChI is InChI=1S/C18H9F5O4S/c19-13-14(20)16(22)18(17(23)15(13)21)27-28(24,25)12-9-5-4-8-11(12)26-10-6-2-1-3-7-10/h1-9H. The normalized spacial score (nSPS) is 11.3. The Labute approximate surface area is 155 Å². The third-order valence-electron chi connectivity index (χ3n) is 3.45.